The van der Waals surface area contributed by atoms with E-state index in [0.29, 0.717) is 0 Å². The molecule has 0 saturated heterocycles. The van der Waals surface area contributed by atoms with Gasteiger partial charge in [0, 0.05) is 10.7 Å². The molecule has 5 nitrogen and oxygen atoms in total. The second kappa shape index (κ2) is 5.77. The molecule has 0 spiro atoms. The van der Waals surface area contributed by atoms with E-state index in [0.717, 1.165) is 6.07 Å². The number of halogens is 2. The van der Waals surface area contributed by atoms with Crippen molar-refractivity contribution in [3.05, 3.63) is 23.2 Å². The van der Waals surface area contributed by atoms with Crippen molar-refractivity contribution in [2.24, 2.45) is 0 Å². The molecular weight excluding hydrogens is 303 g/mol. The normalized spacial score (nSPS) is 13.1. The molecule has 0 aliphatic heterocycles. The lowest BCUT2D eigenvalue weighted by Crippen LogP contribution is -2.26. The van der Waals surface area contributed by atoms with Crippen LogP contribution in [0.3, 0.4) is 0 Å². The Labute approximate surface area is 114 Å². The smallest absolute Gasteiger partial charge is 0.344 e. The molecule has 1 atom stereocenters. The van der Waals surface area contributed by atoms with E-state index >= 15 is 0 Å². The van der Waals surface area contributed by atoms with Crippen LogP contribution in [0.5, 0.6) is 5.75 Å². The Hall–Kier alpha value is -0.980. The molecule has 0 saturated carbocycles. The lowest BCUT2D eigenvalue weighted by Gasteiger charge is -2.14. The number of carboxylic acid groups (broad SMARTS) is 1. The van der Waals surface area contributed by atoms with Crippen molar-refractivity contribution >= 4 is 37.3 Å². The maximum atomic E-state index is 11.1. The van der Waals surface area contributed by atoms with Gasteiger partial charge in [-0.3, -0.25) is 0 Å². The topological polar surface area (TPSA) is 80.7 Å². The quantitative estimate of drug-likeness (QED) is 0.845. The average Bonchev–Trinajstić information content (AvgIpc) is 2.25. The molecule has 1 N–H and O–H groups in total. The standard InChI is InChI=1S/C10H10Cl2O5S/c1-2-8(10(13)14)17-9-4-3-6(5-7(9)11)18(12,15)16/h3-5,8H,2H2,1H3,(H,13,14). The van der Waals surface area contributed by atoms with Gasteiger partial charge < -0.3 is 9.84 Å². The third-order valence-electron chi connectivity index (χ3n) is 2.10. The van der Waals surface area contributed by atoms with E-state index in [1.165, 1.54) is 12.1 Å². The van der Waals surface area contributed by atoms with Crippen molar-refractivity contribution in [3.63, 3.8) is 0 Å². The Morgan fingerprint density at radius 2 is 2.11 bits per heavy atom. The summed E-state index contributed by atoms with van der Waals surface area (Å²) in [6.07, 6.45) is -0.790. The van der Waals surface area contributed by atoms with E-state index in [9.17, 15) is 13.2 Å². The molecule has 1 unspecified atom stereocenters. The van der Waals surface area contributed by atoms with E-state index in [-0.39, 0.29) is 22.1 Å². The second-order valence-electron chi connectivity index (χ2n) is 3.38. The largest absolute Gasteiger partial charge is 0.479 e. The van der Waals surface area contributed by atoms with Gasteiger partial charge in [-0.15, -0.1) is 0 Å². The maximum Gasteiger partial charge on any atom is 0.344 e. The number of rotatable bonds is 5. The second-order valence-corrected chi connectivity index (χ2v) is 6.36. The predicted octanol–water partition coefficient (Wildman–Crippen LogP) is 2.51. The first-order valence-electron chi connectivity index (χ1n) is 4.89. The van der Waals surface area contributed by atoms with Gasteiger partial charge in [0.25, 0.3) is 9.05 Å². The first kappa shape index (κ1) is 15.1. The minimum atomic E-state index is -3.88. The van der Waals surface area contributed by atoms with E-state index in [1.807, 2.05) is 0 Å². The zero-order valence-corrected chi connectivity index (χ0v) is 11.6. The fourth-order valence-electron chi connectivity index (χ4n) is 1.19. The summed E-state index contributed by atoms with van der Waals surface area (Å²) in [7, 11) is 1.27. The van der Waals surface area contributed by atoms with Crippen molar-refractivity contribution < 1.29 is 23.1 Å². The summed E-state index contributed by atoms with van der Waals surface area (Å²) in [5.41, 5.74) is 0. The molecule has 0 aliphatic carbocycles. The van der Waals surface area contributed by atoms with Crippen LogP contribution in [0.4, 0.5) is 0 Å². The molecule has 18 heavy (non-hydrogen) atoms. The Balaban J connectivity index is 3.03. The van der Waals surface area contributed by atoms with Gasteiger partial charge in [-0.1, -0.05) is 18.5 Å². The molecule has 0 amide bonds. The molecular formula is C10H10Cl2O5S. The monoisotopic (exact) mass is 312 g/mol. The summed E-state index contributed by atoms with van der Waals surface area (Å²) >= 11 is 5.80. The highest BCUT2D eigenvalue weighted by Crippen LogP contribution is 2.29. The first-order valence-corrected chi connectivity index (χ1v) is 7.58. The van der Waals surface area contributed by atoms with Crippen LogP contribution in [0, 0.1) is 0 Å². The Kier molecular flexibility index (Phi) is 4.84. The van der Waals surface area contributed by atoms with E-state index in [4.69, 9.17) is 32.1 Å². The number of benzene rings is 1. The zero-order chi connectivity index (χ0) is 13.9. The summed E-state index contributed by atoms with van der Waals surface area (Å²) in [4.78, 5) is 10.6. The minimum Gasteiger partial charge on any atom is -0.479 e. The molecule has 1 aromatic rings. The van der Waals surface area contributed by atoms with Gasteiger partial charge in [0.05, 0.1) is 9.92 Å². The zero-order valence-electron chi connectivity index (χ0n) is 9.26. The molecule has 0 heterocycles. The first-order chi connectivity index (χ1) is 8.25. The molecule has 1 rings (SSSR count). The summed E-state index contributed by atoms with van der Waals surface area (Å²) in [5, 5.41) is 8.81. The van der Waals surface area contributed by atoms with E-state index in [2.05, 4.69) is 0 Å². The molecule has 0 radical (unpaired) electrons. The number of carboxylic acids is 1. The number of aliphatic carboxylic acids is 1. The Morgan fingerprint density at radius 1 is 1.50 bits per heavy atom. The van der Waals surface area contributed by atoms with Gasteiger partial charge in [0.2, 0.25) is 0 Å². The highest BCUT2D eigenvalue weighted by molar-refractivity contribution is 8.13. The maximum absolute atomic E-state index is 11.1. The number of ether oxygens (including phenoxy) is 1. The van der Waals surface area contributed by atoms with Crippen LogP contribution in [0.15, 0.2) is 23.1 Å². The third-order valence-corrected chi connectivity index (χ3v) is 3.75. The number of carbonyl (C=O) groups is 1. The molecule has 0 aromatic heterocycles. The lowest BCUT2D eigenvalue weighted by molar-refractivity contribution is -0.145. The van der Waals surface area contributed by atoms with Crippen LogP contribution in [0.1, 0.15) is 13.3 Å². The van der Waals surface area contributed by atoms with Crippen molar-refractivity contribution in [2.75, 3.05) is 0 Å². The average molecular weight is 313 g/mol. The van der Waals surface area contributed by atoms with E-state index < -0.39 is 21.1 Å². The van der Waals surface area contributed by atoms with Crippen LogP contribution in [0.25, 0.3) is 0 Å². The summed E-state index contributed by atoms with van der Waals surface area (Å²) < 4.78 is 27.3. The van der Waals surface area contributed by atoms with Gasteiger partial charge in [0.1, 0.15) is 5.75 Å². The number of hydrogen-bond acceptors (Lipinski definition) is 4. The molecule has 1 aromatic carbocycles. The summed E-state index contributed by atoms with van der Waals surface area (Å²) in [6, 6.07) is 3.56. The van der Waals surface area contributed by atoms with Crippen LogP contribution >= 0.6 is 22.3 Å². The van der Waals surface area contributed by atoms with Crippen molar-refractivity contribution in [1.82, 2.24) is 0 Å². The molecule has 0 fully saturated rings. The fraction of sp³-hybridized carbons (Fsp3) is 0.300. The molecule has 100 valence electrons. The Bertz CT molecular complexity index is 555. The van der Waals surface area contributed by atoms with Crippen molar-refractivity contribution in [3.8, 4) is 5.75 Å². The summed E-state index contributed by atoms with van der Waals surface area (Å²) in [5.74, 6) is -1.03. The summed E-state index contributed by atoms with van der Waals surface area (Å²) in [6.45, 7) is 1.64. The van der Waals surface area contributed by atoms with Gasteiger partial charge in [-0.2, -0.15) is 0 Å². The van der Waals surface area contributed by atoms with Gasteiger partial charge >= 0.3 is 5.97 Å². The van der Waals surface area contributed by atoms with Crippen molar-refractivity contribution in [1.29, 1.82) is 0 Å². The highest BCUT2D eigenvalue weighted by Gasteiger charge is 2.19. The Morgan fingerprint density at radius 3 is 2.50 bits per heavy atom. The van der Waals surface area contributed by atoms with Crippen LogP contribution in [0.2, 0.25) is 5.02 Å². The molecule has 8 heteroatoms. The minimum absolute atomic E-state index is 0.0172. The van der Waals surface area contributed by atoms with Gasteiger partial charge in [-0.05, 0) is 24.6 Å². The number of hydrogen-bond donors (Lipinski definition) is 1. The SMILES string of the molecule is CCC(Oc1ccc(S(=O)(=O)Cl)cc1Cl)C(=O)O. The molecule has 0 aliphatic rings. The highest BCUT2D eigenvalue weighted by atomic mass is 35.7. The third kappa shape index (κ3) is 3.76. The van der Waals surface area contributed by atoms with E-state index in [1.54, 1.807) is 6.92 Å². The predicted molar refractivity (Wildman–Crippen MR) is 66.8 cm³/mol. The lowest BCUT2D eigenvalue weighted by atomic mass is 10.2. The molecule has 0 bridgehead atoms. The van der Waals surface area contributed by atoms with Crippen LogP contribution in [-0.4, -0.2) is 25.6 Å². The van der Waals surface area contributed by atoms with Crippen LogP contribution < -0.4 is 4.74 Å². The van der Waals surface area contributed by atoms with Crippen molar-refractivity contribution in [2.45, 2.75) is 24.3 Å². The fourth-order valence-corrected chi connectivity index (χ4v) is 2.26. The van der Waals surface area contributed by atoms with Crippen LogP contribution in [-0.2, 0) is 13.8 Å². The van der Waals surface area contributed by atoms with Gasteiger partial charge in [0.15, 0.2) is 6.10 Å². The van der Waals surface area contributed by atoms with Gasteiger partial charge in [-0.25, -0.2) is 13.2 Å².